The van der Waals surface area contributed by atoms with E-state index in [1.807, 2.05) is 0 Å². The van der Waals surface area contributed by atoms with E-state index in [1.54, 1.807) is 6.92 Å². The predicted octanol–water partition coefficient (Wildman–Crippen LogP) is 0.391. The first-order valence-electron chi connectivity index (χ1n) is 3.93. The average Bonchev–Trinajstić information content (AvgIpc) is 2.10. The minimum Gasteiger partial charge on any atom is -0.354 e. The summed E-state index contributed by atoms with van der Waals surface area (Å²) in [6.07, 6.45) is 0.498. The van der Waals surface area contributed by atoms with Crippen LogP contribution in [0.5, 0.6) is 0 Å². The Balaban J connectivity index is 2.95. The molecule has 0 aromatic rings. The molecule has 0 heterocycles. The Bertz CT molecular complexity index is 121. The molecule has 4 nitrogen and oxygen atoms in total. The highest BCUT2D eigenvalue weighted by Gasteiger charge is 1.94. The zero-order valence-corrected chi connectivity index (χ0v) is 8.10. The average molecular weight is 193 g/mol. The van der Waals surface area contributed by atoms with Crippen molar-refractivity contribution in [2.24, 2.45) is 0 Å². The number of carbonyl (C=O) groups excluding carboxylic acids is 1. The van der Waals surface area contributed by atoms with Crippen molar-refractivity contribution in [1.82, 2.24) is 5.32 Å². The third-order valence-corrected chi connectivity index (χ3v) is 1.27. The maximum Gasteiger partial charge on any atom is 0.219 e. The van der Waals surface area contributed by atoms with Crippen LogP contribution in [0.1, 0.15) is 13.3 Å². The lowest BCUT2D eigenvalue weighted by Crippen LogP contribution is -2.26. The number of hydrogen-bond acceptors (Lipinski definition) is 4. The van der Waals surface area contributed by atoms with E-state index in [0.717, 1.165) is 0 Å². The first-order chi connectivity index (χ1) is 5.81. The lowest BCUT2D eigenvalue weighted by Gasteiger charge is -2.03. The maximum absolute atomic E-state index is 10.7. The molecule has 0 saturated carbocycles. The van der Waals surface area contributed by atoms with Crippen molar-refractivity contribution in [3.05, 3.63) is 0 Å². The Labute approximate surface area is 78.0 Å². The second-order valence-electron chi connectivity index (χ2n) is 2.07. The summed E-state index contributed by atoms with van der Waals surface area (Å²) < 4.78 is 0. The zero-order valence-electron chi connectivity index (χ0n) is 7.21. The lowest BCUT2D eigenvalue weighted by molar-refractivity contribution is -0.288. The predicted molar refractivity (Wildman–Crippen MR) is 49.1 cm³/mol. The van der Waals surface area contributed by atoms with Gasteiger partial charge in [-0.05, 0) is 0 Å². The van der Waals surface area contributed by atoms with E-state index in [-0.39, 0.29) is 5.91 Å². The van der Waals surface area contributed by atoms with E-state index in [4.69, 9.17) is 4.89 Å². The standard InChI is InChI=1S/C7H15NO3S/c1-2-7(9)8-3-4-10-11-5-6-12/h12H,2-6H2,1H3,(H,8,9). The van der Waals surface area contributed by atoms with Gasteiger partial charge in [-0.1, -0.05) is 6.92 Å². The summed E-state index contributed by atoms with van der Waals surface area (Å²) in [6, 6.07) is 0. The fraction of sp³-hybridized carbons (Fsp3) is 0.857. The molecule has 0 aromatic carbocycles. The van der Waals surface area contributed by atoms with Gasteiger partial charge in [-0.2, -0.15) is 12.6 Å². The maximum atomic E-state index is 10.7. The number of amides is 1. The highest BCUT2D eigenvalue weighted by Crippen LogP contribution is 1.80. The third-order valence-electron chi connectivity index (χ3n) is 1.09. The van der Waals surface area contributed by atoms with Crippen molar-refractivity contribution < 1.29 is 14.6 Å². The SMILES string of the molecule is CCC(=O)NCCOOCCS. The van der Waals surface area contributed by atoms with Crippen LogP contribution in [0.4, 0.5) is 0 Å². The molecule has 12 heavy (non-hydrogen) atoms. The molecule has 0 radical (unpaired) electrons. The van der Waals surface area contributed by atoms with Gasteiger partial charge >= 0.3 is 0 Å². The van der Waals surface area contributed by atoms with Gasteiger partial charge in [0, 0.05) is 18.7 Å². The van der Waals surface area contributed by atoms with Gasteiger partial charge < -0.3 is 5.32 Å². The molecule has 0 aliphatic rings. The normalized spacial score (nSPS) is 9.83. The van der Waals surface area contributed by atoms with E-state index >= 15 is 0 Å². The molecule has 5 heteroatoms. The van der Waals surface area contributed by atoms with E-state index in [1.165, 1.54) is 0 Å². The van der Waals surface area contributed by atoms with E-state index in [2.05, 4.69) is 22.8 Å². The molecule has 0 aliphatic heterocycles. The minimum absolute atomic E-state index is 0.0211. The van der Waals surface area contributed by atoms with E-state index in [0.29, 0.717) is 31.9 Å². The number of nitrogens with one attached hydrogen (secondary N) is 1. The van der Waals surface area contributed by atoms with Crippen LogP contribution >= 0.6 is 12.6 Å². The zero-order chi connectivity index (χ0) is 9.23. The summed E-state index contributed by atoms with van der Waals surface area (Å²) >= 11 is 3.92. The molecule has 0 spiro atoms. The third kappa shape index (κ3) is 7.84. The largest absolute Gasteiger partial charge is 0.354 e. The van der Waals surface area contributed by atoms with E-state index in [9.17, 15) is 4.79 Å². The van der Waals surface area contributed by atoms with Gasteiger partial charge in [0.05, 0.1) is 13.2 Å². The Kier molecular flexibility index (Phi) is 8.64. The molecular weight excluding hydrogens is 178 g/mol. The topological polar surface area (TPSA) is 47.6 Å². The Morgan fingerprint density at radius 1 is 1.42 bits per heavy atom. The second kappa shape index (κ2) is 8.83. The van der Waals surface area contributed by atoms with Crippen LogP contribution in [0.15, 0.2) is 0 Å². The first kappa shape index (κ1) is 11.7. The molecule has 0 saturated heterocycles. The highest BCUT2D eigenvalue weighted by molar-refractivity contribution is 7.80. The summed E-state index contributed by atoms with van der Waals surface area (Å²) in [5.74, 6) is 0.647. The number of thiol groups is 1. The van der Waals surface area contributed by atoms with Gasteiger partial charge in [-0.15, -0.1) is 0 Å². The Morgan fingerprint density at radius 3 is 2.67 bits per heavy atom. The molecule has 0 bridgehead atoms. The molecule has 1 N–H and O–H groups in total. The van der Waals surface area contributed by atoms with Gasteiger partial charge in [0.1, 0.15) is 0 Å². The van der Waals surface area contributed by atoms with E-state index < -0.39 is 0 Å². The van der Waals surface area contributed by atoms with Crippen molar-refractivity contribution in [2.75, 3.05) is 25.5 Å². The highest BCUT2D eigenvalue weighted by atomic mass is 32.1. The number of carbonyl (C=O) groups is 1. The smallest absolute Gasteiger partial charge is 0.219 e. The van der Waals surface area contributed by atoms with Gasteiger partial charge in [-0.25, -0.2) is 9.78 Å². The molecule has 0 fully saturated rings. The molecular formula is C7H15NO3S. The van der Waals surface area contributed by atoms with Crippen molar-refractivity contribution in [2.45, 2.75) is 13.3 Å². The van der Waals surface area contributed by atoms with Crippen molar-refractivity contribution in [1.29, 1.82) is 0 Å². The molecule has 1 amide bonds. The quantitative estimate of drug-likeness (QED) is 0.266. The van der Waals surface area contributed by atoms with Crippen LogP contribution in [0.3, 0.4) is 0 Å². The monoisotopic (exact) mass is 193 g/mol. The van der Waals surface area contributed by atoms with Crippen LogP contribution in [0.2, 0.25) is 0 Å². The van der Waals surface area contributed by atoms with Crippen LogP contribution in [-0.4, -0.2) is 31.4 Å². The van der Waals surface area contributed by atoms with Gasteiger partial charge in [0.15, 0.2) is 0 Å². The van der Waals surface area contributed by atoms with Crippen molar-refractivity contribution >= 4 is 18.5 Å². The Hall–Kier alpha value is -0.260. The van der Waals surface area contributed by atoms with Crippen LogP contribution in [-0.2, 0) is 14.6 Å². The molecule has 0 aromatic heterocycles. The fourth-order valence-electron chi connectivity index (χ4n) is 0.512. The fourth-order valence-corrected chi connectivity index (χ4v) is 0.587. The van der Waals surface area contributed by atoms with Gasteiger partial charge in [0.2, 0.25) is 5.91 Å². The minimum atomic E-state index is 0.0211. The summed E-state index contributed by atoms with van der Waals surface area (Å²) in [5.41, 5.74) is 0. The van der Waals surface area contributed by atoms with Crippen LogP contribution < -0.4 is 5.32 Å². The molecule has 0 atom stereocenters. The van der Waals surface area contributed by atoms with Crippen molar-refractivity contribution in [3.63, 3.8) is 0 Å². The summed E-state index contributed by atoms with van der Waals surface area (Å²) in [6.45, 7) is 3.12. The second-order valence-corrected chi connectivity index (χ2v) is 2.52. The molecule has 72 valence electrons. The van der Waals surface area contributed by atoms with Gasteiger partial charge in [-0.3, -0.25) is 4.79 Å². The molecule has 0 rings (SSSR count). The van der Waals surface area contributed by atoms with Crippen LogP contribution in [0, 0.1) is 0 Å². The summed E-state index contributed by atoms with van der Waals surface area (Å²) in [4.78, 5) is 20.1. The summed E-state index contributed by atoms with van der Waals surface area (Å²) in [7, 11) is 0. The number of rotatable bonds is 7. The molecule has 0 aliphatic carbocycles. The van der Waals surface area contributed by atoms with Crippen molar-refractivity contribution in [3.8, 4) is 0 Å². The summed E-state index contributed by atoms with van der Waals surface area (Å²) in [5, 5.41) is 2.65. The van der Waals surface area contributed by atoms with Crippen LogP contribution in [0.25, 0.3) is 0 Å². The lowest BCUT2D eigenvalue weighted by atomic mass is 10.4. The van der Waals surface area contributed by atoms with Gasteiger partial charge in [0.25, 0.3) is 0 Å². The number of hydrogen-bond donors (Lipinski definition) is 2. The first-order valence-corrected chi connectivity index (χ1v) is 4.56. The molecule has 0 unspecified atom stereocenters. The Morgan fingerprint density at radius 2 is 2.08 bits per heavy atom.